The molecular formula is C19H21NO3. The van der Waals surface area contributed by atoms with E-state index in [0.717, 1.165) is 28.1 Å². The van der Waals surface area contributed by atoms with E-state index in [1.807, 2.05) is 30.3 Å². The predicted molar refractivity (Wildman–Crippen MR) is 91.3 cm³/mol. The third-order valence-electron chi connectivity index (χ3n) is 3.86. The van der Waals surface area contributed by atoms with Gasteiger partial charge in [0.2, 0.25) is 0 Å². The normalized spacial score (nSPS) is 11.1. The first-order valence-electron chi connectivity index (χ1n) is 7.69. The van der Waals surface area contributed by atoms with Gasteiger partial charge in [0, 0.05) is 16.9 Å². The Balaban J connectivity index is 1.94. The van der Waals surface area contributed by atoms with Crippen molar-refractivity contribution in [3.05, 3.63) is 54.2 Å². The Morgan fingerprint density at radius 2 is 1.78 bits per heavy atom. The van der Waals surface area contributed by atoms with E-state index >= 15 is 0 Å². The molecule has 0 radical (unpaired) electrons. The van der Waals surface area contributed by atoms with Crippen molar-refractivity contribution in [1.29, 1.82) is 0 Å². The summed E-state index contributed by atoms with van der Waals surface area (Å²) in [6.45, 7) is 4.71. The maximum Gasteiger partial charge on any atom is 0.161 e. The van der Waals surface area contributed by atoms with Crippen molar-refractivity contribution in [2.45, 2.75) is 26.5 Å². The van der Waals surface area contributed by atoms with Gasteiger partial charge in [0.1, 0.15) is 12.4 Å². The molecule has 0 aliphatic rings. The summed E-state index contributed by atoms with van der Waals surface area (Å²) in [6.07, 6.45) is 0. The first-order chi connectivity index (χ1) is 11.1. The summed E-state index contributed by atoms with van der Waals surface area (Å²) >= 11 is 0. The minimum Gasteiger partial charge on any atom is -0.508 e. The Kier molecular flexibility index (Phi) is 4.15. The van der Waals surface area contributed by atoms with Crippen molar-refractivity contribution >= 4 is 10.9 Å². The van der Waals surface area contributed by atoms with Gasteiger partial charge in [0.15, 0.2) is 11.5 Å². The minimum absolute atomic E-state index is 0.274. The summed E-state index contributed by atoms with van der Waals surface area (Å²) in [5.74, 6) is 1.71. The number of para-hydroxylation sites is 2. The third-order valence-corrected chi connectivity index (χ3v) is 3.86. The fraction of sp³-hybridized carbons (Fsp3) is 0.263. The van der Waals surface area contributed by atoms with Gasteiger partial charge in [-0.2, -0.15) is 0 Å². The van der Waals surface area contributed by atoms with E-state index in [0.29, 0.717) is 12.6 Å². The van der Waals surface area contributed by atoms with Crippen LogP contribution in [0.15, 0.2) is 48.5 Å². The van der Waals surface area contributed by atoms with Gasteiger partial charge in [-0.1, -0.05) is 12.1 Å². The van der Waals surface area contributed by atoms with Crippen LogP contribution in [0.3, 0.4) is 0 Å². The molecule has 0 unspecified atom stereocenters. The lowest BCUT2D eigenvalue weighted by Gasteiger charge is -2.16. The van der Waals surface area contributed by atoms with Crippen molar-refractivity contribution in [2.24, 2.45) is 0 Å². The highest BCUT2D eigenvalue weighted by molar-refractivity contribution is 5.83. The number of aromatic nitrogens is 1. The highest BCUT2D eigenvalue weighted by Crippen LogP contribution is 2.30. The quantitative estimate of drug-likeness (QED) is 0.753. The van der Waals surface area contributed by atoms with Gasteiger partial charge < -0.3 is 19.1 Å². The van der Waals surface area contributed by atoms with Crippen LogP contribution < -0.4 is 9.47 Å². The number of benzene rings is 2. The zero-order chi connectivity index (χ0) is 16.4. The van der Waals surface area contributed by atoms with E-state index < -0.39 is 0 Å². The van der Waals surface area contributed by atoms with E-state index in [1.165, 1.54) is 0 Å². The van der Waals surface area contributed by atoms with Crippen molar-refractivity contribution < 1.29 is 14.6 Å². The molecule has 3 aromatic rings. The number of methoxy groups -OCH3 is 1. The summed E-state index contributed by atoms with van der Waals surface area (Å²) in [6, 6.07) is 15.4. The summed E-state index contributed by atoms with van der Waals surface area (Å²) in [5, 5.41) is 10.7. The number of ether oxygens (including phenoxy) is 2. The van der Waals surface area contributed by atoms with Crippen LogP contribution in [0.1, 0.15) is 25.6 Å². The average molecular weight is 311 g/mol. The van der Waals surface area contributed by atoms with Crippen LogP contribution in [-0.4, -0.2) is 16.8 Å². The van der Waals surface area contributed by atoms with Crippen molar-refractivity contribution in [3.8, 4) is 17.2 Å². The van der Waals surface area contributed by atoms with E-state index in [1.54, 1.807) is 19.2 Å². The Morgan fingerprint density at radius 1 is 1.04 bits per heavy atom. The lowest BCUT2D eigenvalue weighted by molar-refractivity contribution is 0.274. The summed E-state index contributed by atoms with van der Waals surface area (Å²) in [7, 11) is 1.63. The van der Waals surface area contributed by atoms with Crippen LogP contribution in [0, 0.1) is 0 Å². The fourth-order valence-corrected chi connectivity index (χ4v) is 2.89. The highest BCUT2D eigenvalue weighted by atomic mass is 16.5. The van der Waals surface area contributed by atoms with Crippen LogP contribution in [-0.2, 0) is 6.61 Å². The highest BCUT2D eigenvalue weighted by Gasteiger charge is 2.13. The topological polar surface area (TPSA) is 43.6 Å². The number of hydrogen-bond donors (Lipinski definition) is 1. The molecule has 1 heterocycles. The molecule has 0 aliphatic carbocycles. The molecule has 3 rings (SSSR count). The number of fused-ring (bicyclic) bond motifs is 1. The number of phenols is 1. The lowest BCUT2D eigenvalue weighted by Crippen LogP contribution is -2.08. The van der Waals surface area contributed by atoms with Gasteiger partial charge in [0.05, 0.1) is 12.8 Å². The first kappa shape index (κ1) is 15.3. The van der Waals surface area contributed by atoms with Gasteiger partial charge in [-0.25, -0.2) is 0 Å². The molecule has 1 aromatic heterocycles. The maximum absolute atomic E-state index is 9.69. The second-order valence-electron chi connectivity index (χ2n) is 5.78. The molecule has 0 fully saturated rings. The van der Waals surface area contributed by atoms with E-state index in [4.69, 9.17) is 9.47 Å². The Morgan fingerprint density at radius 3 is 2.48 bits per heavy atom. The number of hydrogen-bond acceptors (Lipinski definition) is 3. The zero-order valence-electron chi connectivity index (χ0n) is 13.6. The molecule has 4 nitrogen and oxygen atoms in total. The third kappa shape index (κ3) is 2.97. The standard InChI is InChI=1S/C19H21NO3/c1-13(2)20-15(10-14-11-16(21)8-9-17(14)20)12-23-19-7-5-4-6-18(19)22-3/h4-11,13,21H,12H2,1-3H3. The van der Waals surface area contributed by atoms with Crippen LogP contribution in [0.2, 0.25) is 0 Å². The fourth-order valence-electron chi connectivity index (χ4n) is 2.89. The second kappa shape index (κ2) is 6.24. The van der Waals surface area contributed by atoms with Crippen LogP contribution in [0.25, 0.3) is 10.9 Å². The monoisotopic (exact) mass is 311 g/mol. The van der Waals surface area contributed by atoms with Crippen molar-refractivity contribution in [2.75, 3.05) is 7.11 Å². The number of phenolic OH excluding ortho intramolecular Hbond substituents is 1. The molecule has 23 heavy (non-hydrogen) atoms. The minimum atomic E-state index is 0.274. The molecule has 2 aromatic carbocycles. The molecule has 4 heteroatoms. The first-order valence-corrected chi connectivity index (χ1v) is 7.69. The molecule has 0 atom stereocenters. The van der Waals surface area contributed by atoms with Crippen LogP contribution >= 0.6 is 0 Å². The summed E-state index contributed by atoms with van der Waals surface area (Å²) in [4.78, 5) is 0. The second-order valence-corrected chi connectivity index (χ2v) is 5.78. The zero-order valence-corrected chi connectivity index (χ0v) is 13.6. The Hall–Kier alpha value is -2.62. The smallest absolute Gasteiger partial charge is 0.161 e. The average Bonchev–Trinajstić information content (AvgIpc) is 2.90. The number of rotatable bonds is 5. The molecule has 0 amide bonds. The molecule has 0 saturated carbocycles. The SMILES string of the molecule is COc1ccccc1OCc1cc2cc(O)ccc2n1C(C)C. The molecular weight excluding hydrogens is 290 g/mol. The van der Waals surface area contributed by atoms with Crippen molar-refractivity contribution in [3.63, 3.8) is 0 Å². The number of nitrogens with zero attached hydrogens (tertiary/aromatic N) is 1. The van der Waals surface area contributed by atoms with Gasteiger partial charge in [0.25, 0.3) is 0 Å². The van der Waals surface area contributed by atoms with Gasteiger partial charge in [-0.15, -0.1) is 0 Å². The predicted octanol–water partition coefficient (Wildman–Crippen LogP) is 4.52. The van der Waals surface area contributed by atoms with Crippen molar-refractivity contribution in [1.82, 2.24) is 4.57 Å². The number of aromatic hydroxyl groups is 1. The molecule has 0 spiro atoms. The molecule has 1 N–H and O–H groups in total. The van der Waals surface area contributed by atoms with Crippen LogP contribution in [0.4, 0.5) is 0 Å². The molecule has 0 bridgehead atoms. The summed E-state index contributed by atoms with van der Waals surface area (Å²) < 4.78 is 13.5. The lowest BCUT2D eigenvalue weighted by atomic mass is 10.2. The largest absolute Gasteiger partial charge is 0.508 e. The van der Waals surface area contributed by atoms with E-state index in [-0.39, 0.29) is 5.75 Å². The van der Waals surface area contributed by atoms with Gasteiger partial charge in [-0.05, 0) is 50.2 Å². The Labute approximate surface area is 135 Å². The summed E-state index contributed by atoms with van der Waals surface area (Å²) in [5.41, 5.74) is 2.16. The molecule has 120 valence electrons. The van der Waals surface area contributed by atoms with E-state index in [2.05, 4.69) is 24.5 Å². The molecule has 0 saturated heterocycles. The Bertz CT molecular complexity index is 821. The van der Waals surface area contributed by atoms with Crippen LogP contribution in [0.5, 0.6) is 17.2 Å². The maximum atomic E-state index is 9.69. The molecule has 0 aliphatic heterocycles. The van der Waals surface area contributed by atoms with E-state index in [9.17, 15) is 5.11 Å². The van der Waals surface area contributed by atoms with Gasteiger partial charge in [-0.3, -0.25) is 0 Å². The van der Waals surface area contributed by atoms with Gasteiger partial charge >= 0.3 is 0 Å².